The van der Waals surface area contributed by atoms with E-state index in [9.17, 15) is 9.59 Å². The van der Waals surface area contributed by atoms with Crippen molar-refractivity contribution < 1.29 is 19.1 Å². The quantitative estimate of drug-likeness (QED) is 0.747. The fraction of sp³-hybridized carbons (Fsp3) is 0.400. The monoisotopic (exact) mass is 196 g/mol. The van der Waals surface area contributed by atoms with Crippen molar-refractivity contribution in [3.8, 4) is 0 Å². The Balaban J connectivity index is 2.69. The smallest absolute Gasteiger partial charge is 0.303 e. The fourth-order valence-electron chi connectivity index (χ4n) is 1.26. The van der Waals surface area contributed by atoms with Crippen molar-refractivity contribution in [2.45, 2.75) is 26.7 Å². The Bertz CT molecular complexity index is 362. The second kappa shape index (κ2) is 4.09. The highest BCUT2D eigenvalue weighted by atomic mass is 16.4. The van der Waals surface area contributed by atoms with E-state index in [0.717, 1.165) is 0 Å². The van der Waals surface area contributed by atoms with Gasteiger partial charge < -0.3 is 9.52 Å². The number of ketones is 1. The number of carboxylic acids is 1. The molecule has 1 N–H and O–H groups in total. The van der Waals surface area contributed by atoms with Crippen molar-refractivity contribution in [3.63, 3.8) is 0 Å². The van der Waals surface area contributed by atoms with Gasteiger partial charge in [-0.25, -0.2) is 0 Å². The lowest BCUT2D eigenvalue weighted by atomic mass is 10.1. The number of furan rings is 1. The normalized spacial score (nSPS) is 10.1. The number of hydrogen-bond acceptors (Lipinski definition) is 3. The van der Waals surface area contributed by atoms with Gasteiger partial charge in [-0.1, -0.05) is 0 Å². The number of hydrogen-bond donors (Lipinski definition) is 1. The highest BCUT2D eigenvalue weighted by Crippen LogP contribution is 2.16. The van der Waals surface area contributed by atoms with Crippen LogP contribution >= 0.6 is 0 Å². The molecule has 1 aromatic heterocycles. The number of carboxylic acid groups (broad SMARTS) is 1. The maximum atomic E-state index is 11.5. The molecule has 4 heteroatoms. The molecule has 76 valence electrons. The maximum Gasteiger partial charge on any atom is 0.303 e. The highest BCUT2D eigenvalue weighted by molar-refractivity contribution is 5.98. The van der Waals surface area contributed by atoms with Crippen LogP contribution in [0.4, 0.5) is 0 Å². The molecule has 0 spiro atoms. The lowest BCUT2D eigenvalue weighted by Crippen LogP contribution is -2.03. The summed E-state index contributed by atoms with van der Waals surface area (Å²) in [7, 11) is 0. The lowest BCUT2D eigenvalue weighted by molar-refractivity contribution is -0.136. The van der Waals surface area contributed by atoms with Gasteiger partial charge in [0, 0.05) is 6.42 Å². The molecule has 0 unspecified atom stereocenters. The third-order valence-electron chi connectivity index (χ3n) is 1.91. The molecule has 0 aliphatic heterocycles. The highest BCUT2D eigenvalue weighted by Gasteiger charge is 2.14. The largest absolute Gasteiger partial charge is 0.481 e. The van der Waals surface area contributed by atoms with E-state index in [-0.39, 0.29) is 18.6 Å². The maximum absolute atomic E-state index is 11.5. The van der Waals surface area contributed by atoms with Crippen molar-refractivity contribution in [2.75, 3.05) is 0 Å². The van der Waals surface area contributed by atoms with Crippen LogP contribution in [0.25, 0.3) is 0 Å². The summed E-state index contributed by atoms with van der Waals surface area (Å²) in [5.41, 5.74) is 0.490. The van der Waals surface area contributed by atoms with E-state index in [1.54, 1.807) is 19.9 Å². The van der Waals surface area contributed by atoms with E-state index < -0.39 is 5.97 Å². The molecule has 0 radical (unpaired) electrons. The second-order valence-corrected chi connectivity index (χ2v) is 3.14. The van der Waals surface area contributed by atoms with Gasteiger partial charge in [0.2, 0.25) is 0 Å². The van der Waals surface area contributed by atoms with Crippen LogP contribution in [-0.2, 0) is 4.79 Å². The van der Waals surface area contributed by atoms with E-state index in [0.29, 0.717) is 17.1 Å². The number of carbonyl (C=O) groups is 2. The van der Waals surface area contributed by atoms with Crippen molar-refractivity contribution in [2.24, 2.45) is 0 Å². The number of aryl methyl sites for hydroxylation is 2. The number of rotatable bonds is 4. The summed E-state index contributed by atoms with van der Waals surface area (Å²) in [6.07, 6.45) is -0.113. The summed E-state index contributed by atoms with van der Waals surface area (Å²) >= 11 is 0. The Morgan fingerprint density at radius 3 is 2.43 bits per heavy atom. The van der Waals surface area contributed by atoms with Gasteiger partial charge in [0.15, 0.2) is 5.78 Å². The summed E-state index contributed by atoms with van der Waals surface area (Å²) in [4.78, 5) is 21.7. The Labute approximate surface area is 81.5 Å². The Morgan fingerprint density at radius 2 is 2.00 bits per heavy atom. The summed E-state index contributed by atoms with van der Waals surface area (Å²) in [5.74, 6) is 0.0806. The average Bonchev–Trinajstić information content (AvgIpc) is 2.41. The van der Waals surface area contributed by atoms with Crippen LogP contribution in [0, 0.1) is 13.8 Å². The standard InChI is InChI=1S/C10H12O4/c1-6-5-8(7(2)14-6)9(11)3-4-10(12)13/h5H,3-4H2,1-2H3,(H,12,13). The number of Topliss-reactive ketones (excluding diaryl/α,β-unsaturated/α-hetero) is 1. The summed E-state index contributed by atoms with van der Waals surface area (Å²) in [5, 5.41) is 8.41. The molecule has 0 amide bonds. The fourth-order valence-corrected chi connectivity index (χ4v) is 1.26. The molecule has 14 heavy (non-hydrogen) atoms. The zero-order valence-electron chi connectivity index (χ0n) is 8.16. The van der Waals surface area contributed by atoms with Gasteiger partial charge in [-0.05, 0) is 19.9 Å². The molecule has 0 fully saturated rings. The van der Waals surface area contributed by atoms with Crippen LogP contribution in [0.2, 0.25) is 0 Å². The summed E-state index contributed by atoms with van der Waals surface area (Å²) < 4.78 is 5.17. The molecule has 0 aliphatic carbocycles. The minimum absolute atomic E-state index is 0.0230. The predicted molar refractivity (Wildman–Crippen MR) is 49.4 cm³/mol. The van der Waals surface area contributed by atoms with Crippen LogP contribution in [-0.4, -0.2) is 16.9 Å². The average molecular weight is 196 g/mol. The molecule has 1 aromatic rings. The van der Waals surface area contributed by atoms with Gasteiger partial charge in [0.1, 0.15) is 11.5 Å². The first kappa shape index (κ1) is 10.5. The molecule has 0 aromatic carbocycles. The molecule has 0 saturated carbocycles. The van der Waals surface area contributed by atoms with Gasteiger partial charge in [-0.15, -0.1) is 0 Å². The molecule has 0 atom stereocenters. The van der Waals surface area contributed by atoms with Gasteiger partial charge in [0.05, 0.1) is 12.0 Å². The van der Waals surface area contributed by atoms with Crippen molar-refractivity contribution in [3.05, 3.63) is 23.2 Å². The molecular formula is C10H12O4. The first-order valence-corrected chi connectivity index (χ1v) is 4.32. The summed E-state index contributed by atoms with van der Waals surface area (Å²) in [6.45, 7) is 3.45. The third-order valence-corrected chi connectivity index (χ3v) is 1.91. The lowest BCUT2D eigenvalue weighted by Gasteiger charge is -1.95. The minimum Gasteiger partial charge on any atom is -0.481 e. The van der Waals surface area contributed by atoms with Crippen LogP contribution < -0.4 is 0 Å². The van der Waals surface area contributed by atoms with Crippen LogP contribution in [0.15, 0.2) is 10.5 Å². The minimum atomic E-state index is -0.962. The zero-order chi connectivity index (χ0) is 10.7. The van der Waals surface area contributed by atoms with E-state index in [1.807, 2.05) is 0 Å². The van der Waals surface area contributed by atoms with Gasteiger partial charge >= 0.3 is 5.97 Å². The van der Waals surface area contributed by atoms with Gasteiger partial charge in [-0.2, -0.15) is 0 Å². The van der Waals surface area contributed by atoms with E-state index in [2.05, 4.69) is 0 Å². The molecule has 0 aliphatic rings. The Kier molecular flexibility index (Phi) is 3.06. The predicted octanol–water partition coefficient (Wildman–Crippen LogP) is 1.94. The van der Waals surface area contributed by atoms with E-state index >= 15 is 0 Å². The van der Waals surface area contributed by atoms with Crippen molar-refractivity contribution in [1.82, 2.24) is 0 Å². The topological polar surface area (TPSA) is 67.5 Å². The van der Waals surface area contributed by atoms with Crippen LogP contribution in [0.5, 0.6) is 0 Å². The Morgan fingerprint density at radius 1 is 1.36 bits per heavy atom. The first-order valence-electron chi connectivity index (χ1n) is 4.32. The number of aliphatic carboxylic acids is 1. The molecule has 1 rings (SSSR count). The van der Waals surface area contributed by atoms with E-state index in [4.69, 9.17) is 9.52 Å². The molecule has 0 saturated heterocycles. The molecule has 0 bridgehead atoms. The summed E-state index contributed by atoms with van der Waals surface area (Å²) in [6, 6.07) is 1.64. The zero-order valence-corrected chi connectivity index (χ0v) is 8.16. The molecule has 4 nitrogen and oxygen atoms in total. The third kappa shape index (κ3) is 2.45. The van der Waals surface area contributed by atoms with Crippen molar-refractivity contribution >= 4 is 11.8 Å². The van der Waals surface area contributed by atoms with E-state index in [1.165, 1.54) is 0 Å². The van der Waals surface area contributed by atoms with Crippen LogP contribution in [0.3, 0.4) is 0 Å². The molecule has 1 heterocycles. The number of carbonyl (C=O) groups excluding carboxylic acids is 1. The SMILES string of the molecule is Cc1cc(C(=O)CCC(=O)O)c(C)o1. The van der Waals surface area contributed by atoms with Gasteiger partial charge in [-0.3, -0.25) is 9.59 Å². The van der Waals surface area contributed by atoms with Gasteiger partial charge in [0.25, 0.3) is 0 Å². The second-order valence-electron chi connectivity index (χ2n) is 3.14. The first-order chi connectivity index (χ1) is 6.50. The van der Waals surface area contributed by atoms with Crippen molar-refractivity contribution in [1.29, 1.82) is 0 Å². The Hall–Kier alpha value is -1.58. The van der Waals surface area contributed by atoms with Crippen LogP contribution in [0.1, 0.15) is 34.7 Å². The molecular weight excluding hydrogens is 184 g/mol.